The van der Waals surface area contributed by atoms with Crippen LogP contribution in [-0.2, 0) is 0 Å². The molecule has 98 valence electrons. The van der Waals surface area contributed by atoms with E-state index in [9.17, 15) is 4.79 Å². The molecule has 19 heavy (non-hydrogen) atoms. The van der Waals surface area contributed by atoms with Crippen molar-refractivity contribution in [3.8, 4) is 0 Å². The van der Waals surface area contributed by atoms with Gasteiger partial charge in [-0.2, -0.15) is 0 Å². The topological polar surface area (TPSA) is 20.3 Å². The standard InChI is InChI=1S/C15H14BrNOS/c16-13-5-3-11(4-6-13)12-7-8-17(10-12)15(18)14-2-1-9-19-14/h1-6,9,12H,7-8,10H2. The Morgan fingerprint density at radius 3 is 2.74 bits per heavy atom. The van der Waals surface area contributed by atoms with Crippen LogP contribution in [0.4, 0.5) is 0 Å². The lowest BCUT2D eigenvalue weighted by atomic mass is 9.99. The molecule has 1 fully saturated rings. The largest absolute Gasteiger partial charge is 0.337 e. The van der Waals surface area contributed by atoms with Gasteiger partial charge in [0, 0.05) is 23.5 Å². The minimum atomic E-state index is 0.176. The Kier molecular flexibility index (Phi) is 3.71. The maximum Gasteiger partial charge on any atom is 0.263 e. The zero-order chi connectivity index (χ0) is 13.2. The third-order valence-electron chi connectivity index (χ3n) is 3.55. The van der Waals surface area contributed by atoms with Gasteiger partial charge < -0.3 is 4.90 Å². The van der Waals surface area contributed by atoms with Gasteiger partial charge in [0.15, 0.2) is 0 Å². The van der Waals surface area contributed by atoms with E-state index < -0.39 is 0 Å². The van der Waals surface area contributed by atoms with E-state index in [0.29, 0.717) is 5.92 Å². The SMILES string of the molecule is O=C(c1cccs1)N1CCC(c2ccc(Br)cc2)C1. The Morgan fingerprint density at radius 1 is 1.26 bits per heavy atom. The number of carbonyl (C=O) groups excluding carboxylic acids is 1. The molecule has 3 rings (SSSR count). The Hall–Kier alpha value is -1.13. The number of rotatable bonds is 2. The molecule has 1 amide bonds. The Labute approximate surface area is 125 Å². The molecule has 0 bridgehead atoms. The molecule has 1 aliphatic heterocycles. The second kappa shape index (κ2) is 5.47. The molecule has 1 atom stereocenters. The number of halogens is 1. The van der Waals surface area contributed by atoms with E-state index in [-0.39, 0.29) is 5.91 Å². The van der Waals surface area contributed by atoms with E-state index >= 15 is 0 Å². The molecule has 0 spiro atoms. The van der Waals surface area contributed by atoms with Crippen molar-refractivity contribution < 1.29 is 4.79 Å². The fraction of sp³-hybridized carbons (Fsp3) is 0.267. The monoisotopic (exact) mass is 335 g/mol. The maximum absolute atomic E-state index is 12.3. The lowest BCUT2D eigenvalue weighted by Crippen LogP contribution is -2.27. The maximum atomic E-state index is 12.3. The van der Waals surface area contributed by atoms with Crippen molar-refractivity contribution in [1.82, 2.24) is 4.90 Å². The molecule has 2 nitrogen and oxygen atoms in total. The number of thiophene rings is 1. The van der Waals surface area contributed by atoms with Crippen LogP contribution >= 0.6 is 27.3 Å². The molecule has 0 saturated carbocycles. The van der Waals surface area contributed by atoms with E-state index in [4.69, 9.17) is 0 Å². The third-order valence-corrected chi connectivity index (χ3v) is 4.94. The van der Waals surface area contributed by atoms with Gasteiger partial charge in [0.05, 0.1) is 4.88 Å². The Bertz CT molecular complexity index is 564. The van der Waals surface area contributed by atoms with E-state index in [2.05, 4.69) is 40.2 Å². The van der Waals surface area contributed by atoms with Crippen LogP contribution in [0, 0.1) is 0 Å². The molecular formula is C15H14BrNOS. The van der Waals surface area contributed by atoms with Crippen LogP contribution in [-0.4, -0.2) is 23.9 Å². The lowest BCUT2D eigenvalue weighted by Gasteiger charge is -2.15. The highest BCUT2D eigenvalue weighted by Crippen LogP contribution is 2.29. The van der Waals surface area contributed by atoms with Gasteiger partial charge in [-0.25, -0.2) is 0 Å². The van der Waals surface area contributed by atoms with E-state index in [0.717, 1.165) is 28.9 Å². The fourth-order valence-electron chi connectivity index (χ4n) is 2.51. The van der Waals surface area contributed by atoms with Gasteiger partial charge >= 0.3 is 0 Å². The number of benzene rings is 1. The fourth-order valence-corrected chi connectivity index (χ4v) is 3.46. The summed E-state index contributed by atoms with van der Waals surface area (Å²) in [5.74, 6) is 0.645. The van der Waals surface area contributed by atoms with Gasteiger partial charge in [-0.1, -0.05) is 34.1 Å². The van der Waals surface area contributed by atoms with E-state index in [1.54, 1.807) is 0 Å². The predicted octanol–water partition coefficient (Wildman–Crippen LogP) is 4.14. The van der Waals surface area contributed by atoms with Crippen molar-refractivity contribution in [2.45, 2.75) is 12.3 Å². The van der Waals surface area contributed by atoms with Crippen LogP contribution in [0.1, 0.15) is 27.6 Å². The first-order valence-electron chi connectivity index (χ1n) is 6.32. The number of nitrogens with zero attached hydrogens (tertiary/aromatic N) is 1. The molecule has 1 aliphatic rings. The average molecular weight is 336 g/mol. The van der Waals surface area contributed by atoms with Gasteiger partial charge in [0.25, 0.3) is 5.91 Å². The highest BCUT2D eigenvalue weighted by atomic mass is 79.9. The van der Waals surface area contributed by atoms with Crippen molar-refractivity contribution in [3.05, 3.63) is 56.7 Å². The van der Waals surface area contributed by atoms with Gasteiger partial charge in [0.1, 0.15) is 0 Å². The third kappa shape index (κ3) is 2.74. The van der Waals surface area contributed by atoms with Crippen LogP contribution < -0.4 is 0 Å². The summed E-state index contributed by atoms with van der Waals surface area (Å²) < 4.78 is 1.10. The minimum absolute atomic E-state index is 0.176. The zero-order valence-electron chi connectivity index (χ0n) is 10.4. The molecule has 1 aromatic heterocycles. The highest BCUT2D eigenvalue weighted by molar-refractivity contribution is 9.10. The van der Waals surface area contributed by atoms with E-state index in [1.165, 1.54) is 16.9 Å². The smallest absolute Gasteiger partial charge is 0.263 e. The molecule has 0 N–H and O–H groups in total. The molecule has 4 heteroatoms. The van der Waals surface area contributed by atoms with Gasteiger partial charge in [-0.15, -0.1) is 11.3 Å². The van der Waals surface area contributed by atoms with Gasteiger partial charge in [-0.05, 0) is 35.6 Å². The number of hydrogen-bond acceptors (Lipinski definition) is 2. The molecular weight excluding hydrogens is 322 g/mol. The summed E-state index contributed by atoms with van der Waals surface area (Å²) >= 11 is 4.97. The van der Waals surface area contributed by atoms with Crippen LogP contribution in [0.5, 0.6) is 0 Å². The first-order valence-corrected chi connectivity index (χ1v) is 7.99. The van der Waals surface area contributed by atoms with Crippen LogP contribution in [0.2, 0.25) is 0 Å². The van der Waals surface area contributed by atoms with E-state index in [1.807, 2.05) is 22.4 Å². The van der Waals surface area contributed by atoms with Crippen molar-refractivity contribution in [2.75, 3.05) is 13.1 Å². The zero-order valence-corrected chi connectivity index (χ0v) is 12.8. The summed E-state index contributed by atoms with van der Waals surface area (Å²) in [5.41, 5.74) is 1.32. The van der Waals surface area contributed by atoms with Gasteiger partial charge in [0.2, 0.25) is 0 Å². The second-order valence-corrected chi connectivity index (χ2v) is 6.63. The summed E-state index contributed by atoms with van der Waals surface area (Å²) in [5, 5.41) is 1.95. The van der Waals surface area contributed by atoms with Crippen LogP contribution in [0.25, 0.3) is 0 Å². The van der Waals surface area contributed by atoms with Crippen molar-refractivity contribution >= 4 is 33.2 Å². The van der Waals surface area contributed by atoms with Gasteiger partial charge in [-0.3, -0.25) is 4.79 Å². The molecule has 1 aromatic carbocycles. The summed E-state index contributed by atoms with van der Waals surface area (Å²) in [6.07, 6.45) is 1.05. The summed E-state index contributed by atoms with van der Waals surface area (Å²) in [6, 6.07) is 12.3. The minimum Gasteiger partial charge on any atom is -0.337 e. The molecule has 1 saturated heterocycles. The summed E-state index contributed by atoms with van der Waals surface area (Å²) in [6.45, 7) is 1.69. The summed E-state index contributed by atoms with van der Waals surface area (Å²) in [7, 11) is 0. The number of amides is 1. The second-order valence-electron chi connectivity index (χ2n) is 4.77. The quantitative estimate of drug-likeness (QED) is 0.807. The van der Waals surface area contributed by atoms with Crippen molar-refractivity contribution in [1.29, 1.82) is 0 Å². The highest BCUT2D eigenvalue weighted by Gasteiger charge is 2.28. The molecule has 0 radical (unpaired) electrons. The first-order chi connectivity index (χ1) is 9.24. The average Bonchev–Trinajstić information content (AvgIpc) is 3.10. The number of carbonyl (C=O) groups is 1. The lowest BCUT2D eigenvalue weighted by molar-refractivity contribution is 0.0795. The molecule has 2 aromatic rings. The number of likely N-dealkylation sites (tertiary alicyclic amines) is 1. The van der Waals surface area contributed by atoms with Crippen LogP contribution in [0.15, 0.2) is 46.3 Å². The Balaban J connectivity index is 1.70. The number of hydrogen-bond donors (Lipinski definition) is 0. The summed E-state index contributed by atoms with van der Waals surface area (Å²) in [4.78, 5) is 15.1. The van der Waals surface area contributed by atoms with Crippen molar-refractivity contribution in [2.24, 2.45) is 0 Å². The Morgan fingerprint density at radius 2 is 2.05 bits per heavy atom. The van der Waals surface area contributed by atoms with Crippen LogP contribution in [0.3, 0.4) is 0 Å². The van der Waals surface area contributed by atoms with Crippen molar-refractivity contribution in [3.63, 3.8) is 0 Å². The first kappa shape index (κ1) is 12.9. The molecule has 0 aliphatic carbocycles. The predicted molar refractivity (Wildman–Crippen MR) is 81.7 cm³/mol. The molecule has 1 unspecified atom stereocenters. The molecule has 2 heterocycles. The normalized spacial score (nSPS) is 18.8.